The van der Waals surface area contributed by atoms with Gasteiger partial charge < -0.3 is 10.1 Å². The molecule has 4 rings (SSSR count). The van der Waals surface area contributed by atoms with E-state index in [1.807, 2.05) is 66.0 Å². The van der Waals surface area contributed by atoms with Gasteiger partial charge in [-0.05, 0) is 36.8 Å². The Morgan fingerprint density at radius 2 is 1.76 bits per heavy atom. The first-order chi connectivity index (χ1) is 16.0. The van der Waals surface area contributed by atoms with E-state index in [0.717, 1.165) is 20.5 Å². The Morgan fingerprint density at radius 3 is 2.55 bits per heavy atom. The lowest BCUT2D eigenvalue weighted by atomic mass is 10.1. The van der Waals surface area contributed by atoms with Crippen molar-refractivity contribution in [1.29, 1.82) is 0 Å². The van der Waals surface area contributed by atoms with Gasteiger partial charge in [0.1, 0.15) is 5.00 Å². The average molecular weight is 496 g/mol. The molecule has 0 saturated carbocycles. The van der Waals surface area contributed by atoms with Gasteiger partial charge in [-0.25, -0.2) is 4.79 Å². The Bertz CT molecular complexity index is 1300. The highest BCUT2D eigenvalue weighted by molar-refractivity contribution is 7.80. The largest absolute Gasteiger partial charge is 0.462 e. The molecule has 0 spiro atoms. The van der Waals surface area contributed by atoms with Gasteiger partial charge in [0.15, 0.2) is 5.11 Å². The first-order valence-electron chi connectivity index (χ1n) is 10.2. The van der Waals surface area contributed by atoms with Crippen molar-refractivity contribution in [2.45, 2.75) is 13.3 Å². The lowest BCUT2D eigenvalue weighted by Gasteiger charge is -2.11. The predicted octanol–water partition coefficient (Wildman–Crippen LogP) is 5.36. The van der Waals surface area contributed by atoms with Gasteiger partial charge in [-0.1, -0.05) is 48.5 Å². The summed E-state index contributed by atoms with van der Waals surface area (Å²) in [6.45, 7) is 2.04. The Hall–Kier alpha value is -3.27. The Labute approximate surface area is 204 Å². The maximum atomic E-state index is 12.6. The Kier molecular flexibility index (Phi) is 7.33. The molecule has 4 aromatic rings. The normalized spacial score (nSPS) is 10.6. The number of hydrogen-bond donors (Lipinski definition) is 3. The summed E-state index contributed by atoms with van der Waals surface area (Å²) in [4.78, 5) is 26.1. The van der Waals surface area contributed by atoms with Crippen LogP contribution in [0.1, 0.15) is 38.1 Å². The molecule has 0 aliphatic heterocycles. The van der Waals surface area contributed by atoms with Gasteiger partial charge >= 0.3 is 5.97 Å². The summed E-state index contributed by atoms with van der Waals surface area (Å²) in [5.74, 6) is -0.717. The van der Waals surface area contributed by atoms with Crippen LogP contribution in [0.5, 0.6) is 0 Å². The predicted molar refractivity (Wildman–Crippen MR) is 138 cm³/mol. The van der Waals surface area contributed by atoms with Gasteiger partial charge in [0.25, 0.3) is 5.91 Å². The highest BCUT2D eigenvalue weighted by Crippen LogP contribution is 2.31. The number of rotatable bonds is 6. The van der Waals surface area contributed by atoms with Crippen LogP contribution >= 0.6 is 34.9 Å². The second-order valence-electron chi connectivity index (χ2n) is 7.02. The molecule has 168 valence electrons. The number of carbonyl (C=O) groups excluding carboxylic acids is 2. The molecule has 0 fully saturated rings. The van der Waals surface area contributed by atoms with Crippen molar-refractivity contribution in [3.05, 3.63) is 87.6 Å². The van der Waals surface area contributed by atoms with Crippen molar-refractivity contribution in [2.75, 3.05) is 11.9 Å². The van der Waals surface area contributed by atoms with E-state index in [9.17, 15) is 9.59 Å². The van der Waals surface area contributed by atoms with Crippen LogP contribution in [-0.4, -0.2) is 23.6 Å². The summed E-state index contributed by atoms with van der Waals surface area (Å²) in [5, 5.41) is 6.45. The molecular formula is C24H21N3O3S3. The van der Waals surface area contributed by atoms with Crippen LogP contribution in [-0.2, 0) is 11.2 Å². The second kappa shape index (κ2) is 10.6. The van der Waals surface area contributed by atoms with Crippen LogP contribution in [0.25, 0.3) is 10.1 Å². The number of amides is 1. The van der Waals surface area contributed by atoms with Crippen molar-refractivity contribution in [3.63, 3.8) is 0 Å². The number of thiophene rings is 2. The van der Waals surface area contributed by atoms with Crippen LogP contribution < -0.4 is 16.2 Å². The number of thiocarbonyl (C=S) groups is 1. The molecule has 6 nitrogen and oxygen atoms in total. The molecule has 3 N–H and O–H groups in total. The zero-order valence-electron chi connectivity index (χ0n) is 17.7. The molecule has 0 aliphatic rings. The van der Waals surface area contributed by atoms with E-state index in [-0.39, 0.29) is 17.6 Å². The van der Waals surface area contributed by atoms with Gasteiger partial charge in [0.05, 0.1) is 17.7 Å². The first kappa shape index (κ1) is 22.9. The van der Waals surface area contributed by atoms with E-state index in [1.54, 1.807) is 6.92 Å². The zero-order valence-corrected chi connectivity index (χ0v) is 20.2. The summed E-state index contributed by atoms with van der Waals surface area (Å²) in [6.07, 6.45) is 0.682. The van der Waals surface area contributed by atoms with E-state index in [1.165, 1.54) is 22.7 Å². The molecule has 0 unspecified atom stereocenters. The van der Waals surface area contributed by atoms with Crippen molar-refractivity contribution in [2.24, 2.45) is 0 Å². The van der Waals surface area contributed by atoms with Gasteiger partial charge in [0, 0.05) is 26.8 Å². The number of esters is 1. The van der Waals surface area contributed by atoms with Gasteiger partial charge in [-0.2, -0.15) is 0 Å². The quantitative estimate of drug-likeness (QED) is 0.190. The lowest BCUT2D eigenvalue weighted by Crippen LogP contribution is -2.43. The van der Waals surface area contributed by atoms with Gasteiger partial charge in [-0.15, -0.1) is 22.7 Å². The summed E-state index contributed by atoms with van der Waals surface area (Å²) >= 11 is 8.28. The zero-order chi connectivity index (χ0) is 23.2. The summed E-state index contributed by atoms with van der Waals surface area (Å²) < 4.78 is 6.23. The maximum Gasteiger partial charge on any atom is 0.341 e. The fourth-order valence-corrected chi connectivity index (χ4v) is 5.49. The number of nitrogens with one attached hydrogen (secondary N) is 3. The highest BCUT2D eigenvalue weighted by Gasteiger charge is 2.19. The lowest BCUT2D eigenvalue weighted by molar-refractivity contribution is 0.0528. The van der Waals surface area contributed by atoms with Crippen LogP contribution in [0.4, 0.5) is 5.00 Å². The number of hydrogen-bond acceptors (Lipinski definition) is 6. The van der Waals surface area contributed by atoms with Crippen LogP contribution in [0, 0.1) is 0 Å². The van der Waals surface area contributed by atoms with Crippen molar-refractivity contribution in [1.82, 2.24) is 10.9 Å². The third-order valence-corrected chi connectivity index (χ3v) is 6.96. The highest BCUT2D eigenvalue weighted by atomic mass is 32.1. The van der Waals surface area contributed by atoms with E-state index in [0.29, 0.717) is 22.5 Å². The summed E-state index contributed by atoms with van der Waals surface area (Å²) in [5.41, 5.74) is 7.46. The van der Waals surface area contributed by atoms with Crippen LogP contribution in [0.2, 0.25) is 0 Å². The number of carbonyl (C=O) groups is 2. The molecule has 0 aliphatic carbocycles. The van der Waals surface area contributed by atoms with E-state index >= 15 is 0 Å². The fraction of sp³-hybridized carbons (Fsp3) is 0.125. The number of hydrazine groups is 1. The molecular weight excluding hydrogens is 474 g/mol. The summed E-state index contributed by atoms with van der Waals surface area (Å²) in [6, 6.07) is 19.5. The Balaban J connectivity index is 1.44. The van der Waals surface area contributed by atoms with Crippen LogP contribution in [0.15, 0.2) is 66.0 Å². The van der Waals surface area contributed by atoms with Crippen molar-refractivity contribution < 1.29 is 14.3 Å². The molecule has 2 aromatic carbocycles. The second-order valence-corrected chi connectivity index (χ2v) is 9.47. The minimum atomic E-state index is -0.424. The van der Waals surface area contributed by atoms with Crippen LogP contribution in [0.3, 0.4) is 0 Å². The van der Waals surface area contributed by atoms with Crippen molar-refractivity contribution >= 4 is 67.0 Å². The van der Waals surface area contributed by atoms with Gasteiger partial charge in [0.2, 0.25) is 0 Å². The standard InChI is InChI=1S/C24H21N3O3S3/c1-2-30-23(29)18-13-16(12-15-8-4-3-5-9-15)33-22(18)25-24(31)27-26-21(28)19-14-32-20-11-7-6-10-17(19)20/h3-11,13-14H,2,12H2,1H3,(H,26,28)(H2,25,27,31). The molecule has 9 heteroatoms. The molecule has 0 atom stereocenters. The van der Waals surface area contributed by atoms with Crippen molar-refractivity contribution in [3.8, 4) is 0 Å². The smallest absolute Gasteiger partial charge is 0.341 e. The number of fused-ring (bicyclic) bond motifs is 1. The SMILES string of the molecule is CCOC(=O)c1cc(Cc2ccccc2)sc1NC(=S)NNC(=O)c1csc2ccccc12. The summed E-state index contributed by atoms with van der Waals surface area (Å²) in [7, 11) is 0. The molecule has 2 heterocycles. The van der Waals surface area contributed by atoms with Gasteiger partial charge in [-0.3, -0.25) is 15.6 Å². The number of anilines is 1. The minimum Gasteiger partial charge on any atom is -0.462 e. The maximum absolute atomic E-state index is 12.6. The molecule has 0 saturated heterocycles. The molecule has 1 amide bonds. The molecule has 0 bridgehead atoms. The topological polar surface area (TPSA) is 79.5 Å². The monoisotopic (exact) mass is 495 g/mol. The number of benzene rings is 2. The molecule has 2 aromatic heterocycles. The third-order valence-electron chi connectivity index (χ3n) is 4.74. The fourth-order valence-electron chi connectivity index (χ4n) is 3.25. The first-order valence-corrected chi connectivity index (χ1v) is 12.3. The molecule has 0 radical (unpaired) electrons. The molecule has 33 heavy (non-hydrogen) atoms. The minimum absolute atomic E-state index is 0.168. The van der Waals surface area contributed by atoms with E-state index in [4.69, 9.17) is 17.0 Å². The van der Waals surface area contributed by atoms with E-state index < -0.39 is 5.97 Å². The van der Waals surface area contributed by atoms with E-state index in [2.05, 4.69) is 16.2 Å². The third kappa shape index (κ3) is 5.57. The Morgan fingerprint density at radius 1 is 1.00 bits per heavy atom. The average Bonchev–Trinajstić information content (AvgIpc) is 3.42. The number of ether oxygens (including phenoxy) is 1.